The van der Waals surface area contributed by atoms with E-state index in [4.69, 9.17) is 4.74 Å². The molecule has 0 saturated carbocycles. The van der Waals surface area contributed by atoms with E-state index in [9.17, 15) is 4.79 Å². The predicted molar refractivity (Wildman–Crippen MR) is 106 cm³/mol. The molecule has 1 aromatic rings. The maximum Gasteiger partial charge on any atom is 0.252 e. The van der Waals surface area contributed by atoms with Crippen LogP contribution in [0, 0.1) is 0 Å². The Hall–Kier alpha value is -1.65. The van der Waals surface area contributed by atoms with Gasteiger partial charge in [-0.3, -0.25) is 9.69 Å². The summed E-state index contributed by atoms with van der Waals surface area (Å²) in [6.07, 6.45) is 5.19. The largest absolute Gasteiger partial charge is 0.372 e. The van der Waals surface area contributed by atoms with Crippen LogP contribution in [0.1, 0.15) is 51.2 Å². The number of benzene rings is 1. The molecule has 4 heteroatoms. The normalized spacial score (nSPS) is 22.2. The zero-order valence-electron chi connectivity index (χ0n) is 16.6. The number of amides is 1. The number of hydrogen-bond acceptors (Lipinski definition) is 3. The zero-order valence-corrected chi connectivity index (χ0v) is 16.6. The van der Waals surface area contributed by atoms with Crippen LogP contribution in [0.3, 0.4) is 0 Å². The van der Waals surface area contributed by atoms with Crippen LogP contribution in [-0.2, 0) is 16.1 Å². The molecule has 26 heavy (non-hydrogen) atoms. The summed E-state index contributed by atoms with van der Waals surface area (Å²) in [6.45, 7) is 10.6. The summed E-state index contributed by atoms with van der Waals surface area (Å²) < 4.78 is 5.22. The number of carbonyl (C=O) groups excluding carboxylic acids is 1. The minimum Gasteiger partial charge on any atom is -0.372 e. The number of ether oxygens (including phenoxy) is 1. The molecule has 1 aromatic carbocycles. The fourth-order valence-electron chi connectivity index (χ4n) is 3.87. The number of hydrogen-bond donors (Lipinski definition) is 0. The number of nitrogens with zero attached hydrogens (tertiary/aromatic N) is 2. The van der Waals surface area contributed by atoms with Gasteiger partial charge in [-0.1, -0.05) is 35.9 Å². The third kappa shape index (κ3) is 4.54. The van der Waals surface area contributed by atoms with Gasteiger partial charge in [0, 0.05) is 45.2 Å². The Balaban J connectivity index is 1.56. The van der Waals surface area contributed by atoms with Crippen LogP contribution >= 0.6 is 0 Å². The number of methoxy groups -OCH3 is 1. The Bertz CT molecular complexity index is 648. The molecule has 1 atom stereocenters. The first-order valence-electron chi connectivity index (χ1n) is 9.72. The number of likely N-dealkylation sites (tertiary alicyclic amines) is 2. The SMILES string of the molecule is CO[C@H]1CCN(Cc2ccc(C=C3CCN(C(C)(C)C)CC3)cc2)C1=O. The van der Waals surface area contributed by atoms with Gasteiger partial charge >= 0.3 is 0 Å². The van der Waals surface area contributed by atoms with Gasteiger partial charge in [-0.25, -0.2) is 0 Å². The molecule has 2 aliphatic heterocycles. The van der Waals surface area contributed by atoms with Crippen molar-refractivity contribution in [2.45, 2.75) is 58.2 Å². The van der Waals surface area contributed by atoms with E-state index in [0.29, 0.717) is 6.54 Å². The lowest BCUT2D eigenvalue weighted by Crippen LogP contribution is -2.44. The summed E-state index contributed by atoms with van der Waals surface area (Å²) in [5.41, 5.74) is 4.24. The van der Waals surface area contributed by atoms with Crippen molar-refractivity contribution in [3.63, 3.8) is 0 Å². The second kappa shape index (κ2) is 7.93. The van der Waals surface area contributed by atoms with E-state index in [0.717, 1.165) is 38.9 Å². The van der Waals surface area contributed by atoms with Gasteiger partial charge in [0.25, 0.3) is 5.91 Å². The Morgan fingerprint density at radius 3 is 2.31 bits per heavy atom. The predicted octanol–water partition coefficient (Wildman–Crippen LogP) is 3.71. The molecule has 0 aromatic heterocycles. The molecule has 1 amide bonds. The minimum absolute atomic E-state index is 0.115. The minimum atomic E-state index is -0.252. The molecule has 0 N–H and O–H groups in total. The summed E-state index contributed by atoms with van der Waals surface area (Å²) in [5.74, 6) is 0.115. The van der Waals surface area contributed by atoms with Crippen LogP contribution in [0.25, 0.3) is 6.08 Å². The molecule has 142 valence electrons. The van der Waals surface area contributed by atoms with Gasteiger partial charge in [-0.15, -0.1) is 0 Å². The van der Waals surface area contributed by atoms with Crippen molar-refractivity contribution in [3.8, 4) is 0 Å². The summed E-state index contributed by atoms with van der Waals surface area (Å²) in [7, 11) is 1.61. The third-order valence-electron chi connectivity index (χ3n) is 5.61. The summed E-state index contributed by atoms with van der Waals surface area (Å²) in [5, 5.41) is 0. The lowest BCUT2D eigenvalue weighted by molar-refractivity contribution is -0.136. The molecular formula is C22H32N2O2. The monoisotopic (exact) mass is 356 g/mol. The average Bonchev–Trinajstić information content (AvgIpc) is 2.96. The van der Waals surface area contributed by atoms with Gasteiger partial charge in [-0.05, 0) is 44.7 Å². The second-order valence-electron chi connectivity index (χ2n) is 8.47. The molecular weight excluding hydrogens is 324 g/mol. The highest BCUT2D eigenvalue weighted by Gasteiger charge is 2.31. The number of piperidine rings is 1. The van der Waals surface area contributed by atoms with Crippen molar-refractivity contribution in [2.24, 2.45) is 0 Å². The lowest BCUT2D eigenvalue weighted by Gasteiger charge is -2.39. The van der Waals surface area contributed by atoms with Gasteiger partial charge in [0.1, 0.15) is 6.10 Å². The highest BCUT2D eigenvalue weighted by atomic mass is 16.5. The van der Waals surface area contributed by atoms with Crippen molar-refractivity contribution in [1.29, 1.82) is 0 Å². The van der Waals surface area contributed by atoms with E-state index in [1.54, 1.807) is 7.11 Å². The molecule has 2 aliphatic rings. The van der Waals surface area contributed by atoms with E-state index in [2.05, 4.69) is 56.0 Å². The van der Waals surface area contributed by atoms with Crippen LogP contribution in [0.5, 0.6) is 0 Å². The first-order chi connectivity index (χ1) is 12.4. The third-order valence-corrected chi connectivity index (χ3v) is 5.61. The Morgan fingerprint density at radius 1 is 1.12 bits per heavy atom. The van der Waals surface area contributed by atoms with Gasteiger partial charge < -0.3 is 9.64 Å². The Morgan fingerprint density at radius 2 is 1.77 bits per heavy atom. The number of carbonyl (C=O) groups is 1. The van der Waals surface area contributed by atoms with E-state index >= 15 is 0 Å². The summed E-state index contributed by atoms with van der Waals surface area (Å²) in [6, 6.07) is 8.63. The molecule has 0 aliphatic carbocycles. The molecule has 0 radical (unpaired) electrons. The molecule has 3 rings (SSSR count). The second-order valence-corrected chi connectivity index (χ2v) is 8.47. The lowest BCUT2D eigenvalue weighted by atomic mass is 9.96. The summed E-state index contributed by atoms with van der Waals surface area (Å²) in [4.78, 5) is 16.6. The molecule has 0 unspecified atom stereocenters. The maximum atomic E-state index is 12.2. The highest BCUT2D eigenvalue weighted by Crippen LogP contribution is 2.25. The first kappa shape index (κ1) is 19.1. The molecule has 0 bridgehead atoms. The molecule has 0 spiro atoms. The zero-order chi connectivity index (χ0) is 18.7. The molecule has 2 fully saturated rings. The average molecular weight is 357 g/mol. The van der Waals surface area contributed by atoms with Crippen LogP contribution < -0.4 is 0 Å². The highest BCUT2D eigenvalue weighted by molar-refractivity contribution is 5.83. The quantitative estimate of drug-likeness (QED) is 0.824. The van der Waals surface area contributed by atoms with Crippen LogP contribution in [0.2, 0.25) is 0 Å². The fourth-order valence-corrected chi connectivity index (χ4v) is 3.87. The van der Waals surface area contributed by atoms with Gasteiger partial charge in [0.2, 0.25) is 0 Å². The fraction of sp³-hybridized carbons (Fsp3) is 0.591. The number of rotatable bonds is 4. The van der Waals surface area contributed by atoms with E-state index in [1.165, 1.54) is 16.7 Å². The molecule has 4 nitrogen and oxygen atoms in total. The maximum absolute atomic E-state index is 12.2. The van der Waals surface area contributed by atoms with Crippen molar-refractivity contribution < 1.29 is 9.53 Å². The topological polar surface area (TPSA) is 32.8 Å². The van der Waals surface area contributed by atoms with Crippen molar-refractivity contribution in [2.75, 3.05) is 26.7 Å². The van der Waals surface area contributed by atoms with Crippen LogP contribution in [-0.4, -0.2) is 54.1 Å². The van der Waals surface area contributed by atoms with E-state index in [-0.39, 0.29) is 17.6 Å². The Labute approximate surface area is 157 Å². The van der Waals surface area contributed by atoms with Gasteiger partial charge in [0.05, 0.1) is 0 Å². The van der Waals surface area contributed by atoms with E-state index in [1.807, 2.05) is 4.90 Å². The smallest absolute Gasteiger partial charge is 0.252 e. The first-order valence-corrected chi connectivity index (χ1v) is 9.72. The van der Waals surface area contributed by atoms with Crippen LogP contribution in [0.4, 0.5) is 0 Å². The van der Waals surface area contributed by atoms with Crippen molar-refractivity contribution >= 4 is 12.0 Å². The van der Waals surface area contributed by atoms with E-state index < -0.39 is 0 Å². The van der Waals surface area contributed by atoms with Crippen LogP contribution in [0.15, 0.2) is 29.8 Å². The Kier molecular flexibility index (Phi) is 5.83. The van der Waals surface area contributed by atoms with Crippen molar-refractivity contribution in [1.82, 2.24) is 9.80 Å². The molecule has 2 heterocycles. The van der Waals surface area contributed by atoms with Gasteiger partial charge in [-0.2, -0.15) is 0 Å². The molecule has 2 saturated heterocycles. The standard InChI is InChI=1S/C22H32N2O2/c1-22(2,3)24-13-9-18(10-14-24)15-17-5-7-19(8-6-17)16-23-12-11-20(26-4)21(23)25/h5-8,15,20H,9-14,16H2,1-4H3/t20-/m0/s1. The van der Waals surface area contributed by atoms with Gasteiger partial charge in [0.15, 0.2) is 0 Å². The van der Waals surface area contributed by atoms with Crippen molar-refractivity contribution in [3.05, 3.63) is 41.0 Å². The summed E-state index contributed by atoms with van der Waals surface area (Å²) >= 11 is 0.